The molecule has 1 amide bonds. The van der Waals surface area contributed by atoms with E-state index in [1.807, 2.05) is 0 Å². The van der Waals surface area contributed by atoms with Gasteiger partial charge in [0.1, 0.15) is 6.61 Å². The molecule has 0 aromatic heterocycles. The molecule has 2 rings (SSSR count). The van der Waals surface area contributed by atoms with Gasteiger partial charge in [0, 0.05) is 38.3 Å². The Hall–Kier alpha value is -0.690. The average molecular weight is 356 g/mol. The minimum Gasteiger partial charge on any atom is -0.396 e. The summed E-state index contributed by atoms with van der Waals surface area (Å²) < 4.78 is 0. The molecule has 0 bridgehead atoms. The zero-order valence-electron chi connectivity index (χ0n) is 16.2. The summed E-state index contributed by atoms with van der Waals surface area (Å²) in [6.07, 6.45) is 2.92. The third kappa shape index (κ3) is 5.64. The zero-order chi connectivity index (χ0) is 18.4. The van der Waals surface area contributed by atoms with Crippen LogP contribution in [0.4, 0.5) is 0 Å². The van der Waals surface area contributed by atoms with Crippen LogP contribution in [0.5, 0.6) is 0 Å². The molecule has 2 fully saturated rings. The Labute approximate surface area is 152 Å². The topological polar surface area (TPSA) is 76.0 Å². The fraction of sp³-hybridized carbons (Fsp3) is 0.947. The van der Waals surface area contributed by atoms with Gasteiger partial charge in [-0.1, -0.05) is 6.92 Å². The van der Waals surface area contributed by atoms with Crippen molar-refractivity contribution in [2.45, 2.75) is 52.1 Å². The van der Waals surface area contributed by atoms with Crippen LogP contribution in [-0.2, 0) is 4.79 Å². The average Bonchev–Trinajstić information content (AvgIpc) is 2.83. The lowest BCUT2D eigenvalue weighted by atomic mass is 9.74. The molecule has 146 valence electrons. The Morgan fingerprint density at radius 1 is 1.20 bits per heavy atom. The highest BCUT2D eigenvalue weighted by Crippen LogP contribution is 2.35. The number of hydrogen-bond acceptors (Lipinski definition) is 5. The first-order chi connectivity index (χ1) is 12.0. The Morgan fingerprint density at radius 3 is 2.56 bits per heavy atom. The minimum absolute atomic E-state index is 0.120. The Bertz CT molecular complexity index is 419. The SMILES string of the molecule is CCN1CCC(NC(=O)CO)CC(C2CN(C(C)C)CCC2CO)C1. The second kappa shape index (κ2) is 9.86. The van der Waals surface area contributed by atoms with Crippen molar-refractivity contribution in [1.82, 2.24) is 15.1 Å². The zero-order valence-corrected chi connectivity index (χ0v) is 16.2. The van der Waals surface area contributed by atoms with Crippen LogP contribution >= 0.6 is 0 Å². The van der Waals surface area contributed by atoms with Gasteiger partial charge in [0.25, 0.3) is 0 Å². The van der Waals surface area contributed by atoms with Gasteiger partial charge in [-0.15, -0.1) is 0 Å². The molecule has 2 saturated heterocycles. The molecule has 0 aliphatic carbocycles. The lowest BCUT2D eigenvalue weighted by molar-refractivity contribution is -0.124. The summed E-state index contributed by atoms with van der Waals surface area (Å²) in [5, 5.41) is 22.0. The van der Waals surface area contributed by atoms with E-state index in [-0.39, 0.29) is 18.6 Å². The second-order valence-corrected chi connectivity index (χ2v) is 8.08. The number of nitrogens with one attached hydrogen (secondary N) is 1. The van der Waals surface area contributed by atoms with Crippen molar-refractivity contribution >= 4 is 5.91 Å². The maximum absolute atomic E-state index is 11.7. The van der Waals surface area contributed by atoms with E-state index >= 15 is 0 Å². The lowest BCUT2D eigenvalue weighted by Gasteiger charge is -2.44. The summed E-state index contributed by atoms with van der Waals surface area (Å²) in [5.74, 6) is 0.998. The summed E-state index contributed by atoms with van der Waals surface area (Å²) >= 11 is 0. The third-order valence-electron chi connectivity index (χ3n) is 6.24. The number of carbonyl (C=O) groups excluding carboxylic acids is 1. The van der Waals surface area contributed by atoms with Crippen LogP contribution in [0.3, 0.4) is 0 Å². The van der Waals surface area contributed by atoms with E-state index in [9.17, 15) is 9.90 Å². The van der Waals surface area contributed by atoms with Crippen molar-refractivity contribution in [2.24, 2.45) is 17.8 Å². The normalized spacial score (nSPS) is 32.6. The van der Waals surface area contributed by atoms with E-state index in [0.29, 0.717) is 23.8 Å². The van der Waals surface area contributed by atoms with Gasteiger partial charge in [-0.3, -0.25) is 4.79 Å². The lowest BCUT2D eigenvalue weighted by Crippen LogP contribution is -2.49. The summed E-state index contributed by atoms with van der Waals surface area (Å²) in [6.45, 7) is 11.6. The van der Waals surface area contributed by atoms with E-state index in [4.69, 9.17) is 5.11 Å². The van der Waals surface area contributed by atoms with Crippen LogP contribution in [0.2, 0.25) is 0 Å². The highest BCUT2D eigenvalue weighted by Gasteiger charge is 2.38. The molecule has 4 unspecified atom stereocenters. The van der Waals surface area contributed by atoms with E-state index < -0.39 is 6.61 Å². The quantitative estimate of drug-likeness (QED) is 0.648. The highest BCUT2D eigenvalue weighted by molar-refractivity contribution is 5.77. The smallest absolute Gasteiger partial charge is 0.245 e. The first kappa shape index (κ1) is 20.6. The van der Waals surface area contributed by atoms with Gasteiger partial charge in [-0.2, -0.15) is 0 Å². The molecule has 6 nitrogen and oxygen atoms in total. The number of piperidine rings is 1. The molecule has 0 saturated carbocycles. The fourth-order valence-corrected chi connectivity index (χ4v) is 4.61. The van der Waals surface area contributed by atoms with Crippen molar-refractivity contribution in [1.29, 1.82) is 0 Å². The van der Waals surface area contributed by atoms with Gasteiger partial charge in [0.2, 0.25) is 5.91 Å². The van der Waals surface area contributed by atoms with Crippen molar-refractivity contribution < 1.29 is 15.0 Å². The van der Waals surface area contributed by atoms with Crippen LogP contribution in [0.25, 0.3) is 0 Å². The van der Waals surface area contributed by atoms with E-state index in [1.54, 1.807) is 0 Å². The number of hydrogen-bond donors (Lipinski definition) is 3. The van der Waals surface area contributed by atoms with Crippen molar-refractivity contribution in [3.63, 3.8) is 0 Å². The molecule has 2 aliphatic heterocycles. The Morgan fingerprint density at radius 2 is 1.96 bits per heavy atom. The van der Waals surface area contributed by atoms with E-state index in [0.717, 1.165) is 52.0 Å². The molecule has 25 heavy (non-hydrogen) atoms. The molecule has 0 aromatic rings. The van der Waals surface area contributed by atoms with Gasteiger partial charge in [-0.05, 0) is 64.0 Å². The van der Waals surface area contributed by atoms with Crippen molar-refractivity contribution in [2.75, 3.05) is 45.9 Å². The van der Waals surface area contributed by atoms with Gasteiger partial charge >= 0.3 is 0 Å². The van der Waals surface area contributed by atoms with Crippen molar-refractivity contribution in [3.05, 3.63) is 0 Å². The molecule has 2 heterocycles. The second-order valence-electron chi connectivity index (χ2n) is 8.08. The molecule has 4 atom stereocenters. The predicted molar refractivity (Wildman–Crippen MR) is 99.2 cm³/mol. The van der Waals surface area contributed by atoms with E-state index in [2.05, 4.69) is 35.9 Å². The van der Waals surface area contributed by atoms with Gasteiger partial charge in [-0.25, -0.2) is 0 Å². The maximum Gasteiger partial charge on any atom is 0.245 e. The van der Waals surface area contributed by atoms with Crippen molar-refractivity contribution in [3.8, 4) is 0 Å². The Kier molecular flexibility index (Phi) is 8.13. The third-order valence-corrected chi connectivity index (χ3v) is 6.24. The first-order valence-corrected chi connectivity index (χ1v) is 9.95. The molecule has 0 spiro atoms. The standard InChI is InChI=1S/C19H37N3O3/c1-4-21-7-6-17(20-19(25)13-24)9-16(10-21)18-11-22(14(2)3)8-5-15(18)12-23/h14-18,23-24H,4-13H2,1-3H3,(H,20,25). The number of rotatable bonds is 6. The maximum atomic E-state index is 11.7. The molecule has 2 aliphatic rings. The number of amides is 1. The summed E-state index contributed by atoms with van der Waals surface area (Å²) in [5.41, 5.74) is 0. The van der Waals surface area contributed by atoms with Gasteiger partial charge in [0.15, 0.2) is 0 Å². The van der Waals surface area contributed by atoms with Crippen LogP contribution < -0.4 is 5.32 Å². The summed E-state index contributed by atoms with van der Waals surface area (Å²) in [7, 11) is 0. The molecule has 3 N–H and O–H groups in total. The highest BCUT2D eigenvalue weighted by atomic mass is 16.3. The largest absolute Gasteiger partial charge is 0.396 e. The molecular weight excluding hydrogens is 318 g/mol. The van der Waals surface area contributed by atoms with Gasteiger partial charge in [0.05, 0.1) is 0 Å². The number of aliphatic hydroxyl groups is 2. The monoisotopic (exact) mass is 355 g/mol. The number of likely N-dealkylation sites (tertiary alicyclic amines) is 2. The summed E-state index contributed by atoms with van der Waals surface area (Å²) in [6, 6.07) is 0.648. The first-order valence-electron chi connectivity index (χ1n) is 9.95. The molecule has 0 radical (unpaired) electrons. The number of carbonyl (C=O) groups is 1. The minimum atomic E-state index is -0.442. The predicted octanol–water partition coefficient (Wildman–Crippen LogP) is 0.534. The summed E-state index contributed by atoms with van der Waals surface area (Å²) in [4.78, 5) is 16.7. The van der Waals surface area contributed by atoms with Gasteiger partial charge < -0.3 is 25.3 Å². The number of nitrogens with zero attached hydrogens (tertiary/aromatic N) is 2. The van der Waals surface area contributed by atoms with Crippen LogP contribution in [0, 0.1) is 17.8 Å². The van der Waals surface area contributed by atoms with Crippen LogP contribution in [-0.4, -0.2) is 83.9 Å². The number of aliphatic hydroxyl groups excluding tert-OH is 2. The fourth-order valence-electron chi connectivity index (χ4n) is 4.61. The van der Waals surface area contributed by atoms with Crippen LogP contribution in [0.1, 0.15) is 40.0 Å². The Balaban J connectivity index is 2.13. The van der Waals surface area contributed by atoms with E-state index in [1.165, 1.54) is 0 Å². The molecular formula is C19H37N3O3. The van der Waals surface area contributed by atoms with Crippen LogP contribution in [0.15, 0.2) is 0 Å². The molecule has 6 heteroatoms. The molecule has 0 aromatic carbocycles.